The first-order valence-electron chi connectivity index (χ1n) is 6.05. The second-order valence-electron chi connectivity index (χ2n) is 4.45. The van der Waals surface area contributed by atoms with Gasteiger partial charge >= 0.3 is 12.1 Å². The summed E-state index contributed by atoms with van der Waals surface area (Å²) in [5.41, 5.74) is 1.26. The van der Waals surface area contributed by atoms with Crippen molar-refractivity contribution in [3.05, 3.63) is 53.2 Å². The average Bonchev–Trinajstić information content (AvgIpc) is 2.46. The van der Waals surface area contributed by atoms with Gasteiger partial charge in [-0.15, -0.1) is 0 Å². The maximum atomic E-state index is 12.5. The molecule has 6 heteroatoms. The molecule has 1 heterocycles. The fourth-order valence-corrected chi connectivity index (χ4v) is 1.86. The third-order valence-corrected chi connectivity index (χ3v) is 3.03. The van der Waals surface area contributed by atoms with Crippen LogP contribution in [0.1, 0.15) is 21.5 Å². The van der Waals surface area contributed by atoms with E-state index >= 15 is 0 Å². The van der Waals surface area contributed by atoms with Crippen LogP contribution >= 0.6 is 0 Å². The highest BCUT2D eigenvalue weighted by atomic mass is 19.4. The van der Waals surface area contributed by atoms with Crippen LogP contribution in [0.2, 0.25) is 0 Å². The Morgan fingerprint density at radius 3 is 2.43 bits per heavy atom. The highest BCUT2D eigenvalue weighted by Crippen LogP contribution is 2.30. The summed E-state index contributed by atoms with van der Waals surface area (Å²) < 4.78 is 42.2. The predicted octanol–water partition coefficient (Wildman–Crippen LogP) is 3.86. The standard InChI is InChI=1S/C15H12F3NO2/c1-9-3-4-10(14(20)21-2)7-12(9)13-6-5-11(8-19-13)15(16,17)18/h3-8H,1-2H3. The number of aromatic nitrogens is 1. The van der Waals surface area contributed by atoms with Crippen molar-refractivity contribution >= 4 is 5.97 Å². The molecule has 0 fully saturated rings. The number of rotatable bonds is 2. The Morgan fingerprint density at radius 2 is 1.90 bits per heavy atom. The molecule has 1 aromatic carbocycles. The normalized spacial score (nSPS) is 11.3. The molecule has 0 bridgehead atoms. The number of alkyl halides is 3. The zero-order valence-corrected chi connectivity index (χ0v) is 11.4. The summed E-state index contributed by atoms with van der Waals surface area (Å²) in [6.07, 6.45) is -3.64. The topological polar surface area (TPSA) is 39.2 Å². The molecule has 0 aliphatic heterocycles. The molecular formula is C15H12F3NO2. The van der Waals surface area contributed by atoms with Gasteiger partial charge in [-0.1, -0.05) is 6.07 Å². The maximum absolute atomic E-state index is 12.5. The van der Waals surface area contributed by atoms with E-state index in [4.69, 9.17) is 0 Å². The smallest absolute Gasteiger partial charge is 0.417 e. The highest BCUT2D eigenvalue weighted by Gasteiger charge is 2.30. The zero-order valence-electron chi connectivity index (χ0n) is 11.4. The zero-order chi connectivity index (χ0) is 15.6. The average molecular weight is 295 g/mol. The molecule has 0 aliphatic carbocycles. The Balaban J connectivity index is 2.44. The summed E-state index contributed by atoms with van der Waals surface area (Å²) in [6.45, 7) is 1.79. The van der Waals surface area contributed by atoms with Crippen molar-refractivity contribution in [2.75, 3.05) is 7.11 Å². The van der Waals surface area contributed by atoms with Crippen LogP contribution < -0.4 is 0 Å². The summed E-state index contributed by atoms with van der Waals surface area (Å²) in [4.78, 5) is 15.3. The Morgan fingerprint density at radius 1 is 1.19 bits per heavy atom. The Kier molecular flexibility index (Phi) is 3.97. The number of hydrogen-bond acceptors (Lipinski definition) is 3. The van der Waals surface area contributed by atoms with Crippen molar-refractivity contribution < 1.29 is 22.7 Å². The summed E-state index contributed by atoms with van der Waals surface area (Å²) in [6, 6.07) is 7.09. The second kappa shape index (κ2) is 5.55. The third kappa shape index (κ3) is 3.21. The number of esters is 1. The number of methoxy groups -OCH3 is 1. The molecule has 0 N–H and O–H groups in total. The molecule has 0 saturated carbocycles. The van der Waals surface area contributed by atoms with Crippen molar-refractivity contribution in [3.8, 4) is 11.3 Å². The van der Waals surface area contributed by atoms with E-state index in [2.05, 4.69) is 9.72 Å². The first-order chi connectivity index (χ1) is 9.82. The molecular weight excluding hydrogens is 283 g/mol. The van der Waals surface area contributed by atoms with Crippen molar-refractivity contribution in [2.45, 2.75) is 13.1 Å². The van der Waals surface area contributed by atoms with Crippen molar-refractivity contribution in [2.24, 2.45) is 0 Å². The molecule has 0 radical (unpaired) electrons. The van der Waals surface area contributed by atoms with Gasteiger partial charge in [0.25, 0.3) is 0 Å². The molecule has 0 atom stereocenters. The van der Waals surface area contributed by atoms with Crippen LogP contribution in [-0.4, -0.2) is 18.1 Å². The summed E-state index contributed by atoms with van der Waals surface area (Å²) in [5.74, 6) is -0.511. The van der Waals surface area contributed by atoms with Crippen LogP contribution in [-0.2, 0) is 10.9 Å². The van der Waals surface area contributed by atoms with Gasteiger partial charge in [0.15, 0.2) is 0 Å². The third-order valence-electron chi connectivity index (χ3n) is 3.03. The van der Waals surface area contributed by atoms with Gasteiger partial charge in [-0.25, -0.2) is 4.79 Å². The molecule has 0 unspecified atom stereocenters. The van der Waals surface area contributed by atoms with Crippen molar-refractivity contribution in [1.82, 2.24) is 4.98 Å². The Hall–Kier alpha value is -2.37. The van der Waals surface area contributed by atoms with Crippen LogP contribution in [0.3, 0.4) is 0 Å². The number of pyridine rings is 1. The number of ether oxygens (including phenoxy) is 1. The van der Waals surface area contributed by atoms with Crippen LogP contribution in [0.5, 0.6) is 0 Å². The SMILES string of the molecule is COC(=O)c1ccc(C)c(-c2ccc(C(F)(F)F)cn2)c1. The van der Waals surface area contributed by atoms with Gasteiger partial charge in [0.2, 0.25) is 0 Å². The van der Waals surface area contributed by atoms with Crippen LogP contribution in [0.25, 0.3) is 11.3 Å². The molecule has 110 valence electrons. The Bertz CT molecular complexity index is 664. The lowest BCUT2D eigenvalue weighted by Crippen LogP contribution is -2.05. The van der Waals surface area contributed by atoms with E-state index in [-0.39, 0.29) is 0 Å². The highest BCUT2D eigenvalue weighted by molar-refractivity contribution is 5.91. The fourth-order valence-electron chi connectivity index (χ4n) is 1.86. The molecule has 2 aromatic rings. The number of nitrogens with zero attached hydrogens (tertiary/aromatic N) is 1. The molecule has 0 spiro atoms. The minimum absolute atomic E-state index is 0.319. The van der Waals surface area contributed by atoms with Crippen LogP contribution in [0.4, 0.5) is 13.2 Å². The van der Waals surface area contributed by atoms with Crippen molar-refractivity contribution in [3.63, 3.8) is 0 Å². The monoisotopic (exact) mass is 295 g/mol. The van der Waals surface area contributed by atoms with Gasteiger partial charge in [0, 0.05) is 11.8 Å². The molecule has 21 heavy (non-hydrogen) atoms. The lowest BCUT2D eigenvalue weighted by Gasteiger charge is -2.10. The first-order valence-corrected chi connectivity index (χ1v) is 6.05. The molecule has 0 amide bonds. The maximum Gasteiger partial charge on any atom is 0.417 e. The van der Waals surface area contributed by atoms with Gasteiger partial charge in [-0.05, 0) is 36.8 Å². The number of hydrogen-bond donors (Lipinski definition) is 0. The minimum Gasteiger partial charge on any atom is -0.465 e. The van der Waals surface area contributed by atoms with E-state index in [9.17, 15) is 18.0 Å². The van der Waals surface area contributed by atoms with E-state index in [0.717, 1.165) is 17.8 Å². The number of carbonyl (C=O) groups excluding carboxylic acids is 1. The summed E-state index contributed by atoms with van der Waals surface area (Å²) in [7, 11) is 1.26. The van der Waals surface area contributed by atoms with E-state index in [1.54, 1.807) is 25.1 Å². The predicted molar refractivity (Wildman–Crippen MR) is 70.8 cm³/mol. The fraction of sp³-hybridized carbons (Fsp3) is 0.200. The molecule has 2 rings (SSSR count). The van der Waals surface area contributed by atoms with Gasteiger partial charge in [0.1, 0.15) is 0 Å². The molecule has 0 saturated heterocycles. The van der Waals surface area contributed by atoms with Crippen LogP contribution in [0.15, 0.2) is 36.5 Å². The van der Waals surface area contributed by atoms with E-state index in [0.29, 0.717) is 16.8 Å². The van der Waals surface area contributed by atoms with Gasteiger partial charge in [-0.3, -0.25) is 4.98 Å². The summed E-state index contributed by atoms with van der Waals surface area (Å²) in [5, 5.41) is 0. The number of carbonyl (C=O) groups is 1. The van der Waals surface area contributed by atoms with Gasteiger partial charge in [-0.2, -0.15) is 13.2 Å². The molecule has 0 aliphatic rings. The molecule has 3 nitrogen and oxygen atoms in total. The lowest BCUT2D eigenvalue weighted by atomic mass is 10.0. The second-order valence-corrected chi connectivity index (χ2v) is 4.45. The largest absolute Gasteiger partial charge is 0.465 e. The van der Waals surface area contributed by atoms with Gasteiger partial charge in [0.05, 0.1) is 23.9 Å². The number of aryl methyl sites for hydroxylation is 1. The number of halogens is 3. The first kappa shape index (κ1) is 15.0. The van der Waals surface area contributed by atoms with Gasteiger partial charge < -0.3 is 4.74 Å². The quantitative estimate of drug-likeness (QED) is 0.790. The Labute approximate surface area is 119 Å². The minimum atomic E-state index is -4.42. The lowest BCUT2D eigenvalue weighted by molar-refractivity contribution is -0.137. The van der Waals surface area contributed by atoms with E-state index in [1.165, 1.54) is 13.2 Å². The summed E-state index contributed by atoms with van der Waals surface area (Å²) >= 11 is 0. The number of benzene rings is 1. The van der Waals surface area contributed by atoms with Crippen molar-refractivity contribution in [1.29, 1.82) is 0 Å². The van der Waals surface area contributed by atoms with Crippen LogP contribution in [0, 0.1) is 6.92 Å². The van der Waals surface area contributed by atoms with E-state index < -0.39 is 17.7 Å². The molecule has 1 aromatic heterocycles. The van der Waals surface area contributed by atoms with E-state index in [1.807, 2.05) is 0 Å².